The third kappa shape index (κ3) is 3.16. The number of carboxylic acid groups (broad SMARTS) is 1. The number of carbonyl (C=O) groups is 1. The fraction of sp³-hybridized carbons (Fsp3) is 0.462. The molecule has 0 unspecified atom stereocenters. The van der Waals surface area contributed by atoms with Crippen LogP contribution in [0.4, 0.5) is 0 Å². The first-order valence-corrected chi connectivity index (χ1v) is 6.58. The minimum atomic E-state index is -0.796. The molecule has 0 atom stereocenters. The Kier molecular flexibility index (Phi) is 4.46. The molecule has 1 aromatic carbocycles. The monoisotopic (exact) mass is 254 g/mol. The van der Waals surface area contributed by atoms with E-state index in [1.807, 2.05) is 24.5 Å². The second-order valence-corrected chi connectivity index (χ2v) is 5.35. The minimum absolute atomic E-state index is 0.461. The van der Waals surface area contributed by atoms with Gasteiger partial charge in [-0.1, -0.05) is 6.07 Å². The molecule has 0 radical (unpaired) electrons. The molecule has 0 heterocycles. The molecule has 4 heteroatoms. The van der Waals surface area contributed by atoms with Gasteiger partial charge in [0.25, 0.3) is 0 Å². The molecule has 0 aromatic heterocycles. The highest BCUT2D eigenvalue weighted by Crippen LogP contribution is 2.34. The second-order valence-electron chi connectivity index (χ2n) is 4.51. The first-order chi connectivity index (χ1) is 7.92. The highest BCUT2D eigenvalue weighted by molar-refractivity contribution is 7.98. The Bertz CT molecular complexity index is 391. The molecule has 0 saturated heterocycles. The number of hydrogen-bond donors (Lipinski definition) is 1. The molecule has 0 aliphatic heterocycles. The van der Waals surface area contributed by atoms with Crippen molar-refractivity contribution in [3.8, 4) is 5.75 Å². The van der Waals surface area contributed by atoms with Gasteiger partial charge >= 0.3 is 5.97 Å². The maximum atomic E-state index is 11.2. The summed E-state index contributed by atoms with van der Waals surface area (Å²) in [5, 5.41) is 9.18. The Morgan fingerprint density at radius 1 is 1.47 bits per heavy atom. The number of hydrogen-bond acceptors (Lipinski definition) is 3. The highest BCUT2D eigenvalue weighted by atomic mass is 32.2. The van der Waals surface area contributed by atoms with Gasteiger partial charge in [-0.15, -0.1) is 11.8 Å². The summed E-state index contributed by atoms with van der Waals surface area (Å²) < 4.78 is 5.31. The lowest BCUT2D eigenvalue weighted by Crippen LogP contribution is -2.26. The van der Waals surface area contributed by atoms with Crippen LogP contribution in [0.5, 0.6) is 5.75 Å². The van der Waals surface area contributed by atoms with Gasteiger partial charge in [-0.25, -0.2) is 0 Å². The van der Waals surface area contributed by atoms with Gasteiger partial charge in [0.05, 0.1) is 12.5 Å². The number of aliphatic carboxylic acids is 1. The van der Waals surface area contributed by atoms with Gasteiger partial charge in [0.15, 0.2) is 0 Å². The van der Waals surface area contributed by atoms with E-state index in [1.54, 1.807) is 32.7 Å². The van der Waals surface area contributed by atoms with Crippen LogP contribution < -0.4 is 4.74 Å². The van der Waals surface area contributed by atoms with Crippen molar-refractivity contribution in [2.24, 2.45) is 5.41 Å². The van der Waals surface area contributed by atoms with Gasteiger partial charge in [-0.3, -0.25) is 4.79 Å². The molecule has 1 N–H and O–H groups in total. The SMILES string of the molecule is COc1cccc(SC)c1CC(C)(C)C(=O)O. The lowest BCUT2D eigenvalue weighted by atomic mass is 9.85. The van der Waals surface area contributed by atoms with Crippen LogP contribution in [0.15, 0.2) is 23.1 Å². The zero-order chi connectivity index (χ0) is 13.1. The molecular weight excluding hydrogens is 236 g/mol. The van der Waals surface area contributed by atoms with Crippen molar-refractivity contribution in [2.75, 3.05) is 13.4 Å². The van der Waals surface area contributed by atoms with E-state index >= 15 is 0 Å². The molecule has 3 nitrogen and oxygen atoms in total. The van der Waals surface area contributed by atoms with Crippen LogP contribution in [-0.4, -0.2) is 24.4 Å². The molecule has 0 saturated carbocycles. The molecule has 1 aromatic rings. The van der Waals surface area contributed by atoms with Crippen LogP contribution in [0.3, 0.4) is 0 Å². The molecule has 0 amide bonds. The summed E-state index contributed by atoms with van der Waals surface area (Å²) in [6, 6.07) is 5.77. The summed E-state index contributed by atoms with van der Waals surface area (Å²) in [7, 11) is 1.61. The maximum Gasteiger partial charge on any atom is 0.309 e. The summed E-state index contributed by atoms with van der Waals surface area (Å²) in [6.45, 7) is 3.46. The molecular formula is C13H18O3S. The predicted molar refractivity (Wildman–Crippen MR) is 69.9 cm³/mol. The minimum Gasteiger partial charge on any atom is -0.496 e. The summed E-state index contributed by atoms with van der Waals surface area (Å²) in [4.78, 5) is 12.2. The molecule has 0 spiro atoms. The first-order valence-electron chi connectivity index (χ1n) is 5.35. The molecule has 0 aliphatic carbocycles. The van der Waals surface area contributed by atoms with Crippen LogP contribution in [0.1, 0.15) is 19.4 Å². The van der Waals surface area contributed by atoms with Crippen molar-refractivity contribution < 1.29 is 14.6 Å². The third-order valence-electron chi connectivity index (χ3n) is 2.73. The van der Waals surface area contributed by atoms with Crippen molar-refractivity contribution in [3.63, 3.8) is 0 Å². The van der Waals surface area contributed by atoms with Gasteiger partial charge in [-0.2, -0.15) is 0 Å². The maximum absolute atomic E-state index is 11.2. The largest absolute Gasteiger partial charge is 0.496 e. The standard InChI is InChI=1S/C13H18O3S/c1-13(2,12(14)15)8-9-10(16-3)6-5-7-11(9)17-4/h5-7H,8H2,1-4H3,(H,14,15). The molecule has 17 heavy (non-hydrogen) atoms. The van der Waals surface area contributed by atoms with Gasteiger partial charge < -0.3 is 9.84 Å². The number of rotatable bonds is 5. The van der Waals surface area contributed by atoms with Gasteiger partial charge in [0.2, 0.25) is 0 Å². The predicted octanol–water partition coefficient (Wildman–Crippen LogP) is 3.07. The highest BCUT2D eigenvalue weighted by Gasteiger charge is 2.29. The lowest BCUT2D eigenvalue weighted by Gasteiger charge is -2.22. The van der Waals surface area contributed by atoms with E-state index in [4.69, 9.17) is 4.74 Å². The Morgan fingerprint density at radius 2 is 2.12 bits per heavy atom. The van der Waals surface area contributed by atoms with Crippen molar-refractivity contribution in [2.45, 2.75) is 25.2 Å². The van der Waals surface area contributed by atoms with Crippen molar-refractivity contribution >= 4 is 17.7 Å². The van der Waals surface area contributed by atoms with Gasteiger partial charge in [-0.05, 0) is 38.7 Å². The number of benzene rings is 1. The Morgan fingerprint density at radius 3 is 2.59 bits per heavy atom. The van der Waals surface area contributed by atoms with E-state index in [-0.39, 0.29) is 0 Å². The smallest absolute Gasteiger partial charge is 0.309 e. The number of thioether (sulfide) groups is 1. The van der Waals surface area contributed by atoms with Crippen molar-refractivity contribution in [1.29, 1.82) is 0 Å². The van der Waals surface area contributed by atoms with E-state index in [0.29, 0.717) is 6.42 Å². The zero-order valence-electron chi connectivity index (χ0n) is 10.6. The normalized spacial score (nSPS) is 11.3. The van der Waals surface area contributed by atoms with Gasteiger partial charge in [0, 0.05) is 10.5 Å². The Labute approximate surface area is 106 Å². The van der Waals surface area contributed by atoms with E-state index in [2.05, 4.69) is 0 Å². The fourth-order valence-electron chi connectivity index (χ4n) is 1.62. The van der Waals surface area contributed by atoms with Crippen LogP contribution in [0.2, 0.25) is 0 Å². The molecule has 0 bridgehead atoms. The van der Waals surface area contributed by atoms with Crippen LogP contribution >= 0.6 is 11.8 Å². The van der Waals surface area contributed by atoms with E-state index < -0.39 is 11.4 Å². The van der Waals surface area contributed by atoms with E-state index in [0.717, 1.165) is 16.2 Å². The number of methoxy groups -OCH3 is 1. The summed E-state index contributed by atoms with van der Waals surface area (Å²) >= 11 is 1.60. The van der Waals surface area contributed by atoms with Gasteiger partial charge in [0.1, 0.15) is 5.75 Å². The molecule has 0 aliphatic rings. The van der Waals surface area contributed by atoms with E-state index in [1.165, 1.54) is 0 Å². The average molecular weight is 254 g/mol. The second kappa shape index (κ2) is 5.45. The third-order valence-corrected chi connectivity index (χ3v) is 3.55. The van der Waals surface area contributed by atoms with Crippen molar-refractivity contribution in [3.05, 3.63) is 23.8 Å². The molecule has 0 fully saturated rings. The van der Waals surface area contributed by atoms with Crippen LogP contribution in [-0.2, 0) is 11.2 Å². The van der Waals surface area contributed by atoms with Crippen molar-refractivity contribution in [1.82, 2.24) is 0 Å². The fourth-order valence-corrected chi connectivity index (χ4v) is 2.25. The molecule has 1 rings (SSSR count). The summed E-state index contributed by atoms with van der Waals surface area (Å²) in [5.41, 5.74) is 0.175. The lowest BCUT2D eigenvalue weighted by molar-refractivity contribution is -0.146. The van der Waals surface area contributed by atoms with Crippen LogP contribution in [0, 0.1) is 5.41 Å². The zero-order valence-corrected chi connectivity index (χ0v) is 11.4. The molecule has 94 valence electrons. The number of carboxylic acids is 1. The quantitative estimate of drug-likeness (QED) is 0.820. The average Bonchev–Trinajstić information content (AvgIpc) is 2.28. The van der Waals surface area contributed by atoms with Crippen LogP contribution in [0.25, 0.3) is 0 Å². The topological polar surface area (TPSA) is 46.5 Å². The summed E-state index contributed by atoms with van der Waals surface area (Å²) in [5.74, 6) is -0.0402. The van der Waals surface area contributed by atoms with E-state index in [9.17, 15) is 9.90 Å². The Balaban J connectivity index is 3.16. The Hall–Kier alpha value is -1.16. The number of ether oxygens (including phenoxy) is 1. The summed E-state index contributed by atoms with van der Waals surface area (Å²) in [6.07, 6.45) is 2.44. The first kappa shape index (κ1) is 13.9.